The van der Waals surface area contributed by atoms with Gasteiger partial charge in [0.2, 0.25) is 6.49 Å². The highest BCUT2D eigenvalue weighted by atomic mass is 32.5. The van der Waals surface area contributed by atoms with Crippen LogP contribution in [0.4, 0.5) is 5.82 Å². The molecule has 0 aliphatic heterocycles. The number of anilines is 1. The van der Waals surface area contributed by atoms with E-state index in [1.54, 1.807) is 11.5 Å². The van der Waals surface area contributed by atoms with Crippen molar-refractivity contribution in [2.45, 2.75) is 19.6 Å². The summed E-state index contributed by atoms with van der Waals surface area (Å²) in [5, 5.41) is 0. The molecule has 0 saturated heterocycles. The average molecular weight is 495 g/mol. The van der Waals surface area contributed by atoms with Gasteiger partial charge >= 0.3 is 13.4 Å². The molecule has 2 aromatic rings. The third-order valence-electron chi connectivity index (χ3n) is 2.85. The van der Waals surface area contributed by atoms with E-state index >= 15 is 0 Å². The minimum atomic E-state index is -4.29. The van der Waals surface area contributed by atoms with Crippen LogP contribution in [0.15, 0.2) is 12.7 Å². The fraction of sp³-hybridized carbons (Fsp3) is 0.444. The van der Waals surface area contributed by atoms with E-state index in [0.717, 1.165) is 0 Å². The second-order valence-corrected chi connectivity index (χ2v) is 14.5. The molecule has 12 nitrogen and oxygen atoms in total. The van der Waals surface area contributed by atoms with Crippen molar-refractivity contribution in [3.8, 4) is 0 Å². The molecule has 6 N–H and O–H groups in total. The summed E-state index contributed by atoms with van der Waals surface area (Å²) < 4.78 is 16.2. The molecule has 0 radical (unpaired) electrons. The predicted octanol–water partition coefficient (Wildman–Crippen LogP) is 0.532. The van der Waals surface area contributed by atoms with E-state index in [4.69, 9.17) is 36.4 Å². The summed E-state index contributed by atoms with van der Waals surface area (Å²) in [5.41, 5.74) is 6.67. The lowest BCUT2D eigenvalue weighted by Crippen LogP contribution is -2.17. The molecule has 0 aliphatic rings. The van der Waals surface area contributed by atoms with Crippen molar-refractivity contribution >= 4 is 72.3 Å². The van der Waals surface area contributed by atoms with Crippen LogP contribution in [0.25, 0.3) is 11.2 Å². The average Bonchev–Trinajstić information content (AvgIpc) is 2.86. The summed E-state index contributed by atoms with van der Waals surface area (Å²) in [4.78, 5) is 50.0. The van der Waals surface area contributed by atoms with E-state index in [2.05, 4.69) is 42.9 Å². The van der Waals surface area contributed by atoms with E-state index < -0.39 is 32.4 Å². The number of hydrogen-bond donors (Lipinski definition) is 5. The van der Waals surface area contributed by atoms with Crippen LogP contribution in [0.5, 0.6) is 0 Å². The molecular formula is C9H16N5O7P3S3. The lowest BCUT2D eigenvalue weighted by Gasteiger charge is -2.24. The van der Waals surface area contributed by atoms with Crippen LogP contribution in [-0.4, -0.2) is 51.5 Å². The van der Waals surface area contributed by atoms with Crippen molar-refractivity contribution in [2.75, 3.05) is 12.1 Å². The Balaban J connectivity index is 1.96. The maximum absolute atomic E-state index is 10.1. The maximum Gasteiger partial charge on any atom is 0.337 e. The number of aromatic nitrogens is 4. The van der Waals surface area contributed by atoms with Gasteiger partial charge in [-0.2, -0.15) is 0 Å². The molecule has 0 fully saturated rings. The number of imidazole rings is 1. The number of rotatable bonds is 9. The fourth-order valence-electron chi connectivity index (χ4n) is 1.92. The molecular weight excluding hydrogens is 479 g/mol. The van der Waals surface area contributed by atoms with Crippen LogP contribution in [0.1, 0.15) is 6.92 Å². The molecule has 0 aromatic carbocycles. The Bertz CT molecular complexity index is 968. The SMILES string of the molecule is C[C@H](Cn1cnc2c(N)ncnc21)OCP(O)(=S)OP(O)(=S)OP(O)(O)=S. The van der Waals surface area contributed by atoms with E-state index in [-0.39, 0.29) is 5.82 Å². The Labute approximate surface area is 169 Å². The maximum atomic E-state index is 10.1. The number of fused-ring (bicyclic) bond motifs is 1. The Morgan fingerprint density at radius 3 is 2.44 bits per heavy atom. The van der Waals surface area contributed by atoms with Gasteiger partial charge in [0.05, 0.1) is 19.0 Å². The molecule has 18 heteroatoms. The van der Waals surface area contributed by atoms with Gasteiger partial charge in [-0.15, -0.1) is 0 Å². The van der Waals surface area contributed by atoms with E-state index in [1.807, 2.05) is 0 Å². The van der Waals surface area contributed by atoms with Crippen molar-refractivity contribution in [1.82, 2.24) is 19.5 Å². The highest BCUT2D eigenvalue weighted by Gasteiger charge is 2.31. The van der Waals surface area contributed by atoms with Crippen LogP contribution in [0.2, 0.25) is 0 Å². The molecule has 2 aromatic heterocycles. The Morgan fingerprint density at radius 2 is 1.81 bits per heavy atom. The monoisotopic (exact) mass is 495 g/mol. The van der Waals surface area contributed by atoms with Gasteiger partial charge in [-0.05, 0) is 42.3 Å². The molecule has 152 valence electrons. The minimum absolute atomic E-state index is 0.244. The Morgan fingerprint density at radius 1 is 1.15 bits per heavy atom. The highest BCUT2D eigenvalue weighted by molar-refractivity contribution is 8.18. The Kier molecular flexibility index (Phi) is 7.60. The summed E-state index contributed by atoms with van der Waals surface area (Å²) >= 11 is 13.6. The summed E-state index contributed by atoms with van der Waals surface area (Å²) in [6, 6.07) is 0. The van der Waals surface area contributed by atoms with Crippen LogP contribution in [0, 0.1) is 0 Å². The first-order chi connectivity index (χ1) is 12.3. The lowest BCUT2D eigenvalue weighted by atomic mass is 10.4. The first kappa shape index (κ1) is 23.3. The Hall–Kier alpha value is 0.0200. The minimum Gasteiger partial charge on any atom is -0.382 e. The third kappa shape index (κ3) is 7.41. The van der Waals surface area contributed by atoms with Gasteiger partial charge in [0.25, 0.3) is 0 Å². The molecule has 2 unspecified atom stereocenters. The molecule has 2 rings (SSSR count). The molecule has 3 atom stereocenters. The van der Waals surface area contributed by atoms with Crippen LogP contribution < -0.4 is 5.73 Å². The second-order valence-electron chi connectivity index (χ2n) is 5.19. The third-order valence-corrected chi connectivity index (χ3v) is 9.56. The first-order valence-corrected chi connectivity index (χ1v) is 15.0. The molecule has 2 heterocycles. The van der Waals surface area contributed by atoms with E-state index in [0.29, 0.717) is 17.7 Å². The van der Waals surface area contributed by atoms with Crippen molar-refractivity contribution in [2.24, 2.45) is 0 Å². The molecule has 0 bridgehead atoms. The largest absolute Gasteiger partial charge is 0.382 e. The summed E-state index contributed by atoms with van der Waals surface area (Å²) in [6.07, 6.45) is 1.86. The molecule has 0 spiro atoms. The number of nitrogen functional groups attached to an aromatic ring is 1. The molecule has 0 saturated carbocycles. The van der Waals surface area contributed by atoms with Gasteiger partial charge in [-0.25, -0.2) is 23.6 Å². The fourth-order valence-corrected chi connectivity index (χ4v) is 9.70. The van der Waals surface area contributed by atoms with Crippen molar-refractivity contribution in [3.05, 3.63) is 12.7 Å². The van der Waals surface area contributed by atoms with Gasteiger partial charge in [-0.1, -0.05) is 0 Å². The number of nitrogens with two attached hydrogens (primary N) is 1. The number of ether oxygens (including phenoxy) is 1. The van der Waals surface area contributed by atoms with Gasteiger partial charge in [-0.3, -0.25) is 0 Å². The number of nitrogens with zero attached hydrogens (tertiary/aromatic N) is 4. The zero-order valence-electron chi connectivity index (χ0n) is 13.6. The topological polar surface area (TPSA) is 178 Å². The first-order valence-electron chi connectivity index (χ1n) is 6.94. The quantitative estimate of drug-likeness (QED) is 0.304. The number of hydrogen-bond acceptors (Lipinski definition) is 10. The zero-order valence-corrected chi connectivity index (χ0v) is 18.7. The summed E-state index contributed by atoms with van der Waals surface area (Å²) in [6.45, 7) is -10.3. The van der Waals surface area contributed by atoms with Crippen LogP contribution >= 0.6 is 19.9 Å². The predicted molar refractivity (Wildman–Crippen MR) is 109 cm³/mol. The van der Waals surface area contributed by atoms with Crippen LogP contribution in [-0.2, 0) is 55.3 Å². The second kappa shape index (κ2) is 8.80. The van der Waals surface area contributed by atoms with Crippen molar-refractivity contribution in [3.63, 3.8) is 0 Å². The van der Waals surface area contributed by atoms with Gasteiger partial charge in [0, 0.05) is 0 Å². The van der Waals surface area contributed by atoms with Gasteiger partial charge in [0.1, 0.15) is 18.2 Å². The van der Waals surface area contributed by atoms with Gasteiger partial charge in [0.15, 0.2) is 11.5 Å². The smallest absolute Gasteiger partial charge is 0.337 e. The van der Waals surface area contributed by atoms with Crippen LogP contribution in [0.3, 0.4) is 0 Å². The summed E-state index contributed by atoms with van der Waals surface area (Å²) in [5.74, 6) is 0.244. The normalized spacial score (nSPS) is 18.1. The standard InChI is InChI=1S/C9H16N5O7P3S3/c1-6(2-14-4-13-7-8(10)11-3-12-9(7)14)19-5-22(15,25)20-24(18,27)21-23(16,17)26/h3-4,6H,2,5H2,1H3,(H,15,25)(H,18,27)(H2,10,11,12)(H2,16,17,26)/t6-,22?,24?/m1/s1. The van der Waals surface area contributed by atoms with Crippen molar-refractivity contribution < 1.29 is 32.9 Å². The van der Waals surface area contributed by atoms with Gasteiger partial charge < -0.3 is 34.6 Å². The zero-order chi connectivity index (χ0) is 20.5. The van der Waals surface area contributed by atoms with E-state index in [9.17, 15) is 9.79 Å². The molecule has 0 amide bonds. The highest BCUT2D eigenvalue weighted by Crippen LogP contribution is 2.66. The van der Waals surface area contributed by atoms with E-state index in [1.165, 1.54) is 12.7 Å². The molecule has 27 heavy (non-hydrogen) atoms. The molecule has 0 aliphatic carbocycles. The summed E-state index contributed by atoms with van der Waals surface area (Å²) in [7, 11) is 0. The lowest BCUT2D eigenvalue weighted by molar-refractivity contribution is 0.0819. The van der Waals surface area contributed by atoms with Crippen molar-refractivity contribution in [1.29, 1.82) is 0 Å².